The minimum absolute atomic E-state index is 0.0289. The number of carbonyl (C=O) groups excluding carboxylic acids is 2. The molecule has 0 rings (SSSR count). The van der Waals surface area contributed by atoms with E-state index in [1.807, 2.05) is 21.1 Å². The minimum atomic E-state index is -0.892. The lowest BCUT2D eigenvalue weighted by molar-refractivity contribution is -0.887. The normalized spacial score (nSPS) is 13.9. The molecule has 0 heterocycles. The molecule has 0 saturated heterocycles. The van der Waals surface area contributed by atoms with Crippen LogP contribution in [-0.2, 0) is 28.6 Å². The molecule has 0 aliphatic rings. The third kappa shape index (κ3) is 29.0. The van der Waals surface area contributed by atoms with E-state index in [2.05, 4.69) is 86.8 Å². The molecular weight excluding hydrogens is 606 g/mol. The first-order valence-corrected chi connectivity index (χ1v) is 18.0. The van der Waals surface area contributed by atoms with Gasteiger partial charge in [0, 0.05) is 19.3 Å². The van der Waals surface area contributed by atoms with Crippen molar-refractivity contribution in [2.75, 3.05) is 41.0 Å². The highest BCUT2D eigenvalue weighted by Crippen LogP contribution is 2.11. The molecule has 48 heavy (non-hydrogen) atoms. The van der Waals surface area contributed by atoms with Crippen LogP contribution < -0.4 is 0 Å². The van der Waals surface area contributed by atoms with Crippen LogP contribution in [-0.4, -0.2) is 80.6 Å². The zero-order chi connectivity index (χ0) is 35.7. The molecule has 8 heteroatoms. The number of carboxylic acids is 1. The Morgan fingerprint density at radius 3 is 1.54 bits per heavy atom. The number of nitrogens with zero attached hydrogens (tertiary/aromatic N) is 1. The van der Waals surface area contributed by atoms with Crippen molar-refractivity contribution in [1.82, 2.24) is 0 Å². The molecule has 1 N–H and O–H groups in total. The highest BCUT2D eigenvalue weighted by atomic mass is 16.6. The maximum absolute atomic E-state index is 12.6. The van der Waals surface area contributed by atoms with Gasteiger partial charge < -0.3 is 23.8 Å². The van der Waals surface area contributed by atoms with Gasteiger partial charge in [0.25, 0.3) is 0 Å². The number of carboxylic acid groups (broad SMARTS) is 1. The van der Waals surface area contributed by atoms with Crippen molar-refractivity contribution in [2.45, 2.75) is 122 Å². The monoisotopic (exact) mass is 672 g/mol. The SMILES string of the molecule is CC/C=C/C/C=C/C/C=C/CCCCC(=O)OCC(COCCC(C(=O)O)[N+](C)(C)C)OC(=O)CCCC/C=C/C/C=C/C/C=C/CC. The molecule has 0 saturated carbocycles. The van der Waals surface area contributed by atoms with Crippen LogP contribution in [0.2, 0.25) is 0 Å². The van der Waals surface area contributed by atoms with Crippen LogP contribution in [0.4, 0.5) is 0 Å². The number of carbonyl (C=O) groups is 3. The first-order valence-electron chi connectivity index (χ1n) is 18.0. The number of allylic oxidation sites excluding steroid dienone is 12. The molecule has 8 nitrogen and oxygen atoms in total. The Morgan fingerprint density at radius 2 is 1.08 bits per heavy atom. The number of hydrogen-bond donors (Lipinski definition) is 1. The first kappa shape index (κ1) is 44.8. The van der Waals surface area contributed by atoms with E-state index in [1.54, 1.807) is 0 Å². The predicted octanol–water partition coefficient (Wildman–Crippen LogP) is 8.85. The molecule has 0 fully saturated rings. The topological polar surface area (TPSA) is 99.1 Å². The summed E-state index contributed by atoms with van der Waals surface area (Å²) in [6.07, 6.45) is 36.7. The van der Waals surface area contributed by atoms with Gasteiger partial charge >= 0.3 is 17.9 Å². The van der Waals surface area contributed by atoms with Crippen molar-refractivity contribution >= 4 is 17.9 Å². The Morgan fingerprint density at radius 1 is 0.625 bits per heavy atom. The molecule has 2 atom stereocenters. The van der Waals surface area contributed by atoms with Gasteiger partial charge in [0.15, 0.2) is 12.1 Å². The van der Waals surface area contributed by atoms with Gasteiger partial charge in [-0.05, 0) is 77.0 Å². The largest absolute Gasteiger partial charge is 0.477 e. The van der Waals surface area contributed by atoms with Gasteiger partial charge in [0.2, 0.25) is 0 Å². The van der Waals surface area contributed by atoms with E-state index in [0.717, 1.165) is 64.2 Å². The Labute approximate surface area is 291 Å². The number of unbranched alkanes of at least 4 members (excludes halogenated alkanes) is 4. The van der Waals surface area contributed by atoms with Gasteiger partial charge in [-0.25, -0.2) is 4.79 Å². The lowest BCUT2D eigenvalue weighted by Gasteiger charge is -2.31. The van der Waals surface area contributed by atoms with Gasteiger partial charge in [-0.15, -0.1) is 0 Å². The standard InChI is InChI=1S/C40H65NO7/c1-6-8-10-12-14-16-18-20-22-24-26-28-30-38(42)47-35-36(34-46-33-32-37(40(44)45)41(3,4)5)48-39(43)31-29-27-25-23-21-19-17-15-13-11-9-7-2/h8-11,14-17,20-23,36-37H,6-7,12-13,18-19,24-35H2,1-5H3/p+1/b10-8+,11-9+,16-14+,17-15+,22-20+,23-21+. The second-order valence-electron chi connectivity index (χ2n) is 12.7. The number of rotatable bonds is 30. The summed E-state index contributed by atoms with van der Waals surface area (Å²) in [6, 6.07) is -0.629. The summed E-state index contributed by atoms with van der Waals surface area (Å²) < 4.78 is 17.1. The highest BCUT2D eigenvalue weighted by Gasteiger charge is 2.31. The fourth-order valence-corrected chi connectivity index (χ4v) is 4.59. The number of esters is 2. The lowest BCUT2D eigenvalue weighted by atomic mass is 10.1. The molecular formula is C40H66NO7+. The molecule has 0 aromatic rings. The second-order valence-corrected chi connectivity index (χ2v) is 12.7. The van der Waals surface area contributed by atoms with Crippen LogP contribution in [0.5, 0.6) is 0 Å². The Hall–Kier alpha value is -3.23. The summed E-state index contributed by atoms with van der Waals surface area (Å²) in [6.45, 7) is 4.37. The van der Waals surface area contributed by atoms with Crippen molar-refractivity contribution in [2.24, 2.45) is 0 Å². The van der Waals surface area contributed by atoms with Crippen LogP contribution in [0.25, 0.3) is 0 Å². The van der Waals surface area contributed by atoms with Crippen LogP contribution in [0.3, 0.4) is 0 Å². The van der Waals surface area contributed by atoms with E-state index in [4.69, 9.17) is 14.2 Å². The predicted molar refractivity (Wildman–Crippen MR) is 197 cm³/mol. The van der Waals surface area contributed by atoms with E-state index in [-0.39, 0.29) is 42.7 Å². The summed E-state index contributed by atoms with van der Waals surface area (Å²) in [5.74, 6) is -1.59. The maximum Gasteiger partial charge on any atom is 0.362 e. The molecule has 0 aliphatic heterocycles. The Bertz CT molecular complexity index is 1020. The molecule has 2 unspecified atom stereocenters. The molecule has 0 aromatic heterocycles. The third-order valence-corrected chi connectivity index (χ3v) is 7.35. The van der Waals surface area contributed by atoms with Crippen LogP contribution in [0.1, 0.15) is 110 Å². The smallest absolute Gasteiger partial charge is 0.362 e. The highest BCUT2D eigenvalue weighted by molar-refractivity contribution is 5.72. The van der Waals surface area contributed by atoms with E-state index in [0.29, 0.717) is 25.7 Å². The molecule has 0 aromatic carbocycles. The van der Waals surface area contributed by atoms with Crippen LogP contribution >= 0.6 is 0 Å². The zero-order valence-electron chi connectivity index (χ0n) is 30.7. The molecule has 0 amide bonds. The number of ether oxygens (including phenoxy) is 3. The van der Waals surface area contributed by atoms with Crippen molar-refractivity contribution in [3.8, 4) is 0 Å². The second kappa shape index (κ2) is 31.1. The number of hydrogen-bond acceptors (Lipinski definition) is 6. The summed E-state index contributed by atoms with van der Waals surface area (Å²) in [5.41, 5.74) is 0. The number of likely N-dealkylation sites (N-methyl/N-ethyl adjacent to an activating group) is 1. The van der Waals surface area contributed by atoms with E-state index in [9.17, 15) is 19.5 Å². The Balaban J connectivity index is 4.60. The van der Waals surface area contributed by atoms with Crippen molar-refractivity contribution in [3.05, 3.63) is 72.9 Å². The van der Waals surface area contributed by atoms with E-state index in [1.165, 1.54) is 0 Å². The number of aliphatic carboxylic acids is 1. The first-order chi connectivity index (χ1) is 23.1. The summed E-state index contributed by atoms with van der Waals surface area (Å²) >= 11 is 0. The molecule has 0 aliphatic carbocycles. The maximum atomic E-state index is 12.6. The van der Waals surface area contributed by atoms with Crippen molar-refractivity contribution in [1.29, 1.82) is 0 Å². The third-order valence-electron chi connectivity index (χ3n) is 7.35. The molecule has 272 valence electrons. The lowest BCUT2D eigenvalue weighted by Crippen LogP contribution is -2.50. The van der Waals surface area contributed by atoms with E-state index < -0.39 is 18.1 Å². The average molecular weight is 673 g/mol. The summed E-state index contributed by atoms with van der Waals surface area (Å²) in [4.78, 5) is 36.7. The summed E-state index contributed by atoms with van der Waals surface area (Å²) in [5, 5.41) is 9.56. The molecule has 0 spiro atoms. The minimum Gasteiger partial charge on any atom is -0.477 e. The van der Waals surface area contributed by atoms with Gasteiger partial charge in [-0.1, -0.05) is 86.8 Å². The van der Waals surface area contributed by atoms with Gasteiger partial charge in [-0.2, -0.15) is 0 Å². The fourth-order valence-electron chi connectivity index (χ4n) is 4.59. The van der Waals surface area contributed by atoms with Crippen molar-refractivity contribution in [3.63, 3.8) is 0 Å². The van der Waals surface area contributed by atoms with Gasteiger partial charge in [0.05, 0.1) is 34.4 Å². The van der Waals surface area contributed by atoms with Crippen molar-refractivity contribution < 1.29 is 38.2 Å². The van der Waals surface area contributed by atoms with Crippen LogP contribution in [0.15, 0.2) is 72.9 Å². The average Bonchev–Trinajstić information content (AvgIpc) is 3.03. The van der Waals surface area contributed by atoms with E-state index >= 15 is 0 Å². The van der Waals surface area contributed by atoms with Crippen LogP contribution in [0, 0.1) is 0 Å². The Kier molecular flexibility index (Phi) is 29.0. The van der Waals surface area contributed by atoms with Gasteiger partial charge in [0.1, 0.15) is 6.61 Å². The van der Waals surface area contributed by atoms with Gasteiger partial charge in [-0.3, -0.25) is 9.59 Å². The summed E-state index contributed by atoms with van der Waals surface area (Å²) in [7, 11) is 5.47. The zero-order valence-corrected chi connectivity index (χ0v) is 30.7. The fraction of sp³-hybridized carbons (Fsp3) is 0.625. The quantitative estimate of drug-likeness (QED) is 0.0352. The number of quaternary nitrogens is 1. The molecule has 0 bridgehead atoms. The molecule has 0 radical (unpaired) electrons.